The lowest BCUT2D eigenvalue weighted by molar-refractivity contribution is 0.0702. The van der Waals surface area contributed by atoms with Crippen LogP contribution >= 0.6 is 0 Å². The zero-order valence-corrected chi connectivity index (χ0v) is 13.9. The summed E-state index contributed by atoms with van der Waals surface area (Å²) in [5.41, 5.74) is 1.27. The number of ether oxygens (including phenoxy) is 1. The molecule has 1 aliphatic rings. The minimum absolute atomic E-state index is 0.406. The number of furan rings is 1. The quantitative estimate of drug-likeness (QED) is 0.799. The molecule has 2 rings (SSSR count). The largest absolute Gasteiger partial charge is 0.465 e. The van der Waals surface area contributed by atoms with Gasteiger partial charge in [-0.05, 0) is 32.4 Å². The van der Waals surface area contributed by atoms with Crippen LogP contribution in [0.3, 0.4) is 0 Å². The molecule has 4 nitrogen and oxygen atoms in total. The molecule has 1 unspecified atom stereocenters. The van der Waals surface area contributed by atoms with Gasteiger partial charge in [-0.2, -0.15) is 0 Å². The van der Waals surface area contributed by atoms with Gasteiger partial charge in [-0.3, -0.25) is 4.90 Å². The van der Waals surface area contributed by atoms with Crippen LogP contribution in [0.4, 0.5) is 0 Å². The second kappa shape index (κ2) is 7.97. The maximum atomic E-state index is 5.92. The van der Waals surface area contributed by atoms with E-state index in [1.54, 1.807) is 0 Å². The fourth-order valence-electron chi connectivity index (χ4n) is 2.76. The average molecular weight is 294 g/mol. The molecule has 1 fully saturated rings. The van der Waals surface area contributed by atoms with Crippen LogP contribution in [-0.4, -0.2) is 36.7 Å². The van der Waals surface area contributed by atoms with Crippen molar-refractivity contribution < 1.29 is 9.15 Å². The minimum atomic E-state index is 0.406. The molecule has 1 atom stereocenters. The molecule has 1 aromatic heterocycles. The summed E-state index contributed by atoms with van der Waals surface area (Å²) in [4.78, 5) is 2.41. The van der Waals surface area contributed by atoms with E-state index in [0.717, 1.165) is 44.3 Å². The molecule has 2 heterocycles. The fourth-order valence-corrected chi connectivity index (χ4v) is 2.76. The average Bonchev–Trinajstić information content (AvgIpc) is 3.05. The third kappa shape index (κ3) is 5.13. The molecule has 0 aliphatic carbocycles. The maximum absolute atomic E-state index is 5.92. The van der Waals surface area contributed by atoms with Crippen molar-refractivity contribution in [2.75, 3.05) is 19.7 Å². The molecule has 1 aromatic rings. The van der Waals surface area contributed by atoms with Crippen LogP contribution in [0.25, 0.3) is 0 Å². The van der Waals surface area contributed by atoms with E-state index >= 15 is 0 Å². The van der Waals surface area contributed by atoms with Crippen molar-refractivity contribution in [3.63, 3.8) is 0 Å². The molecule has 0 aromatic carbocycles. The van der Waals surface area contributed by atoms with Crippen molar-refractivity contribution in [3.05, 3.63) is 23.2 Å². The van der Waals surface area contributed by atoms with Crippen molar-refractivity contribution in [2.24, 2.45) is 0 Å². The van der Waals surface area contributed by atoms with Crippen LogP contribution < -0.4 is 5.32 Å². The number of hydrogen-bond acceptors (Lipinski definition) is 4. The Morgan fingerprint density at radius 3 is 2.86 bits per heavy atom. The molecule has 21 heavy (non-hydrogen) atoms. The van der Waals surface area contributed by atoms with Crippen LogP contribution in [0.15, 0.2) is 10.5 Å². The van der Waals surface area contributed by atoms with E-state index in [9.17, 15) is 0 Å². The summed E-state index contributed by atoms with van der Waals surface area (Å²) < 4.78 is 11.7. The predicted octanol–water partition coefficient (Wildman–Crippen LogP) is 3.09. The standard InChI is InChI=1S/C17H30N2O2/c1-5-19(11-16-7-6-8-20-16)12-17-9-15(14(4)21-17)10-18-13(2)3/h9,13,16,18H,5-8,10-12H2,1-4H3. The Hall–Kier alpha value is -0.840. The van der Waals surface area contributed by atoms with Gasteiger partial charge in [0.15, 0.2) is 0 Å². The molecule has 0 spiro atoms. The number of likely N-dealkylation sites (N-methyl/N-ethyl adjacent to an activating group) is 1. The lowest BCUT2D eigenvalue weighted by Crippen LogP contribution is -2.31. The zero-order chi connectivity index (χ0) is 15.2. The highest BCUT2D eigenvalue weighted by Crippen LogP contribution is 2.18. The highest BCUT2D eigenvalue weighted by Gasteiger charge is 2.19. The molecule has 1 N–H and O–H groups in total. The van der Waals surface area contributed by atoms with Crippen molar-refractivity contribution in [1.29, 1.82) is 0 Å². The summed E-state index contributed by atoms with van der Waals surface area (Å²) >= 11 is 0. The number of hydrogen-bond donors (Lipinski definition) is 1. The summed E-state index contributed by atoms with van der Waals surface area (Å²) in [6.45, 7) is 13.3. The minimum Gasteiger partial charge on any atom is -0.465 e. The van der Waals surface area contributed by atoms with Crippen LogP contribution in [0.5, 0.6) is 0 Å². The molecule has 0 bridgehead atoms. The third-order valence-electron chi connectivity index (χ3n) is 4.08. The van der Waals surface area contributed by atoms with Crippen LogP contribution in [0.1, 0.15) is 50.7 Å². The van der Waals surface area contributed by atoms with Gasteiger partial charge in [0, 0.05) is 31.3 Å². The number of rotatable bonds is 8. The van der Waals surface area contributed by atoms with E-state index in [2.05, 4.69) is 44.0 Å². The topological polar surface area (TPSA) is 37.6 Å². The Morgan fingerprint density at radius 2 is 2.24 bits per heavy atom. The first-order chi connectivity index (χ1) is 10.1. The van der Waals surface area contributed by atoms with E-state index in [0.29, 0.717) is 12.1 Å². The molecule has 0 amide bonds. The smallest absolute Gasteiger partial charge is 0.118 e. The first-order valence-electron chi connectivity index (χ1n) is 8.24. The van der Waals surface area contributed by atoms with E-state index in [1.807, 2.05) is 0 Å². The van der Waals surface area contributed by atoms with E-state index < -0.39 is 0 Å². The van der Waals surface area contributed by atoms with Crippen molar-refractivity contribution in [2.45, 2.75) is 65.8 Å². The third-order valence-corrected chi connectivity index (χ3v) is 4.08. The van der Waals surface area contributed by atoms with Gasteiger partial charge >= 0.3 is 0 Å². The Kier molecular flexibility index (Phi) is 6.27. The number of aryl methyl sites for hydroxylation is 1. The van der Waals surface area contributed by atoms with Crippen molar-refractivity contribution in [1.82, 2.24) is 10.2 Å². The highest BCUT2D eigenvalue weighted by molar-refractivity contribution is 5.20. The Labute approximate surface area is 128 Å². The molecule has 1 saturated heterocycles. The van der Waals surface area contributed by atoms with Gasteiger partial charge in [0.25, 0.3) is 0 Å². The zero-order valence-electron chi connectivity index (χ0n) is 13.9. The van der Waals surface area contributed by atoms with Gasteiger partial charge in [0.05, 0.1) is 12.6 Å². The summed E-state index contributed by atoms with van der Waals surface area (Å²) in [5.74, 6) is 2.10. The second-order valence-corrected chi connectivity index (χ2v) is 6.29. The van der Waals surface area contributed by atoms with Gasteiger partial charge < -0.3 is 14.5 Å². The molecular formula is C17H30N2O2. The first kappa shape index (κ1) is 16.5. The predicted molar refractivity (Wildman–Crippen MR) is 85.3 cm³/mol. The summed E-state index contributed by atoms with van der Waals surface area (Å²) in [6.07, 6.45) is 2.80. The summed E-state index contributed by atoms with van der Waals surface area (Å²) in [7, 11) is 0. The highest BCUT2D eigenvalue weighted by atomic mass is 16.5. The molecule has 4 heteroatoms. The van der Waals surface area contributed by atoms with Crippen LogP contribution in [0, 0.1) is 6.92 Å². The van der Waals surface area contributed by atoms with Crippen molar-refractivity contribution >= 4 is 0 Å². The molecule has 1 aliphatic heterocycles. The monoisotopic (exact) mass is 294 g/mol. The Bertz CT molecular complexity index is 422. The van der Waals surface area contributed by atoms with Gasteiger partial charge in [-0.15, -0.1) is 0 Å². The Balaban J connectivity index is 1.89. The van der Waals surface area contributed by atoms with Gasteiger partial charge in [-0.1, -0.05) is 20.8 Å². The van der Waals surface area contributed by atoms with Gasteiger partial charge in [0.1, 0.15) is 11.5 Å². The maximum Gasteiger partial charge on any atom is 0.118 e. The first-order valence-corrected chi connectivity index (χ1v) is 8.24. The second-order valence-electron chi connectivity index (χ2n) is 6.29. The summed E-state index contributed by atoms with van der Waals surface area (Å²) in [6, 6.07) is 2.69. The Morgan fingerprint density at radius 1 is 1.43 bits per heavy atom. The summed E-state index contributed by atoms with van der Waals surface area (Å²) in [5, 5.41) is 3.45. The van der Waals surface area contributed by atoms with E-state index in [1.165, 1.54) is 18.4 Å². The number of nitrogens with one attached hydrogen (secondary N) is 1. The van der Waals surface area contributed by atoms with Gasteiger partial charge in [-0.25, -0.2) is 0 Å². The van der Waals surface area contributed by atoms with E-state index in [4.69, 9.17) is 9.15 Å². The van der Waals surface area contributed by atoms with Gasteiger partial charge in [0.2, 0.25) is 0 Å². The molecule has 0 saturated carbocycles. The SMILES string of the molecule is CCN(Cc1cc(CNC(C)C)c(C)o1)CC1CCCO1. The molecule has 0 radical (unpaired) electrons. The normalized spacial score (nSPS) is 19.0. The fraction of sp³-hybridized carbons (Fsp3) is 0.765. The molecule has 120 valence electrons. The molecular weight excluding hydrogens is 264 g/mol. The van der Waals surface area contributed by atoms with E-state index in [-0.39, 0.29) is 0 Å². The van der Waals surface area contributed by atoms with Crippen LogP contribution in [0.2, 0.25) is 0 Å². The van der Waals surface area contributed by atoms with Crippen LogP contribution in [-0.2, 0) is 17.8 Å². The lowest BCUT2D eigenvalue weighted by Gasteiger charge is -2.22. The number of nitrogens with zero attached hydrogens (tertiary/aromatic N) is 1. The van der Waals surface area contributed by atoms with Crippen molar-refractivity contribution in [3.8, 4) is 0 Å². The lowest BCUT2D eigenvalue weighted by atomic mass is 10.2.